The minimum absolute atomic E-state index is 0.949. The number of furan rings is 1. The topological polar surface area (TPSA) is 47.6 Å². The van der Waals surface area contributed by atoms with Crippen LogP contribution in [0.4, 0.5) is 0 Å². The molecule has 0 N–H and O–H groups in total. The molecule has 19 aromatic carbocycles. The SMILES string of the molecule is Cn1c2ccccc2c2ccc3c4ccccc4n(-c4ccccc4)c3c21.Cn1c2ccccc2c2ccc3c4ccccc4oc3c21.Cn1c2ccccc2c2ccc3c4ccccc4sc3c21.c1ccc(-n2c3ccccc3c3cc(-n4c5ccccc5c5ccccc54)ccc32)cc1.c1ccc(-n2c3ccccc3c3ccc4c5ccccc5sc4c32)cc1. The number of nitrogens with zero attached hydrogens (tertiary/aromatic N) is 7. The summed E-state index contributed by atoms with van der Waals surface area (Å²) in [4.78, 5) is 0. The van der Waals surface area contributed by atoms with Gasteiger partial charge >= 0.3 is 0 Å². The van der Waals surface area contributed by atoms with Crippen molar-refractivity contribution >= 4 is 238 Å². The van der Waals surface area contributed by atoms with Crippen LogP contribution in [0.5, 0.6) is 0 Å². The number of aryl methyl sites for hydroxylation is 3. The van der Waals surface area contributed by atoms with E-state index in [-0.39, 0.29) is 0 Å². The number of fused-ring (bicyclic) bond motifs is 34. The lowest BCUT2D eigenvalue weighted by Gasteiger charge is -2.10. The molecule has 0 saturated heterocycles. The molecule has 0 atom stereocenters. The average molecular weight is 1660 g/mol. The van der Waals surface area contributed by atoms with Crippen molar-refractivity contribution in [3.8, 4) is 22.7 Å². The van der Waals surface area contributed by atoms with Crippen molar-refractivity contribution in [2.75, 3.05) is 0 Å². The van der Waals surface area contributed by atoms with Crippen LogP contribution in [0.3, 0.4) is 0 Å². The number of benzene rings is 19. The first-order valence-electron chi connectivity index (χ1n) is 43.3. The summed E-state index contributed by atoms with van der Waals surface area (Å²) >= 11 is 3.79. The lowest BCUT2D eigenvalue weighted by Crippen LogP contribution is -1.96. The molecular formula is C117H79N7OS2. The Kier molecular flexibility index (Phi) is 17.2. The summed E-state index contributed by atoms with van der Waals surface area (Å²) in [6, 6.07) is 152. The van der Waals surface area contributed by atoms with Gasteiger partial charge in [-0.1, -0.05) is 297 Å². The molecule has 10 heterocycles. The van der Waals surface area contributed by atoms with Gasteiger partial charge in [0.05, 0.1) is 70.1 Å². The first-order chi connectivity index (χ1) is 62.8. The van der Waals surface area contributed by atoms with E-state index in [0.717, 1.165) is 11.2 Å². The molecule has 0 fully saturated rings. The second kappa shape index (κ2) is 29.6. The monoisotopic (exact) mass is 1660 g/mol. The number of hydrogen-bond donors (Lipinski definition) is 0. The fourth-order valence-corrected chi connectivity index (χ4v) is 23.2. The van der Waals surface area contributed by atoms with Gasteiger partial charge in [0.2, 0.25) is 0 Å². The Hall–Kier alpha value is -16.0. The molecule has 29 rings (SSSR count). The lowest BCUT2D eigenvalue weighted by atomic mass is 10.1. The van der Waals surface area contributed by atoms with Gasteiger partial charge in [-0.15, -0.1) is 22.7 Å². The number of para-hydroxylation sites is 12. The summed E-state index contributed by atoms with van der Waals surface area (Å²) < 4.78 is 28.1. The highest BCUT2D eigenvalue weighted by atomic mass is 32.1. The smallest absolute Gasteiger partial charge is 0.159 e. The molecule has 0 aliphatic heterocycles. The van der Waals surface area contributed by atoms with Gasteiger partial charge in [-0.2, -0.15) is 0 Å². The number of aromatic nitrogens is 7. The summed E-state index contributed by atoms with van der Waals surface area (Å²) in [6.45, 7) is 0. The molecule has 10 heteroatoms. The summed E-state index contributed by atoms with van der Waals surface area (Å²) in [5.74, 6) is 0. The van der Waals surface area contributed by atoms with E-state index in [9.17, 15) is 0 Å². The molecule has 0 bridgehead atoms. The number of hydrogen-bond acceptors (Lipinski definition) is 3. The van der Waals surface area contributed by atoms with Crippen LogP contribution in [0.2, 0.25) is 0 Å². The Labute approximate surface area is 737 Å². The van der Waals surface area contributed by atoms with Crippen molar-refractivity contribution in [2.24, 2.45) is 21.1 Å². The average Bonchev–Trinajstić information content (AvgIpc) is 1.52. The Balaban J connectivity index is 0.0000000870. The normalized spacial score (nSPS) is 11.9. The van der Waals surface area contributed by atoms with Crippen LogP contribution in [-0.4, -0.2) is 32.0 Å². The van der Waals surface area contributed by atoms with Crippen molar-refractivity contribution in [1.82, 2.24) is 32.0 Å². The van der Waals surface area contributed by atoms with E-state index in [2.05, 4.69) is 466 Å². The molecule has 0 aliphatic rings. The Bertz CT molecular complexity index is 9230. The van der Waals surface area contributed by atoms with E-state index in [1.54, 1.807) is 0 Å². The number of thiophene rings is 2. The molecule has 600 valence electrons. The third kappa shape index (κ3) is 11.5. The maximum atomic E-state index is 6.16. The quantitative estimate of drug-likeness (QED) is 0.173. The van der Waals surface area contributed by atoms with E-state index in [1.807, 2.05) is 34.8 Å². The molecule has 0 amide bonds. The predicted molar refractivity (Wildman–Crippen MR) is 545 cm³/mol. The second-order valence-electron chi connectivity index (χ2n) is 33.0. The molecule has 0 unspecified atom stereocenters. The maximum Gasteiger partial charge on any atom is 0.159 e. The minimum Gasteiger partial charge on any atom is -0.454 e. The van der Waals surface area contributed by atoms with Crippen molar-refractivity contribution in [2.45, 2.75) is 0 Å². The first kappa shape index (κ1) is 73.7. The molecule has 0 radical (unpaired) electrons. The standard InChI is InChI=1S/C30H20N2.C25H18N2.C24H15NS.C19H13NO.C19H13NS/c1-2-10-21(11-3-1)31-29-17-9-6-14-25(29)26-20-22(18-19-30(26)31)32-27-15-7-4-12-23(27)24-13-5-8-16-28(24)32;1-26-22-13-7-5-11-18(22)20-15-16-21-19-12-6-8-14-23(19)27(25(21)24(20)26)17-9-3-2-4-10-17;1-2-8-16(9-3-1)25-21-12-6-4-10-17(21)19-14-15-20-18-11-5-7-13-22(18)26-24(20)23(19)25;2*1-20-16-8-4-2-6-12(16)14-10-11-15-13-7-3-5-9-17(13)21-19(15)18(14)20/h1-20H;2-16H,1H3;1-15H;2*2-11H,1H3. The molecular weight excluding hydrogens is 1580 g/mol. The van der Waals surface area contributed by atoms with Crippen molar-refractivity contribution < 1.29 is 4.42 Å². The van der Waals surface area contributed by atoms with Crippen LogP contribution in [0.1, 0.15) is 0 Å². The van der Waals surface area contributed by atoms with Crippen LogP contribution >= 0.6 is 22.7 Å². The van der Waals surface area contributed by atoms with Crippen LogP contribution in [0.15, 0.2) is 429 Å². The fraction of sp³-hybridized carbons (Fsp3) is 0.0256. The maximum absolute atomic E-state index is 6.16. The van der Waals surface area contributed by atoms with Crippen molar-refractivity contribution in [3.63, 3.8) is 0 Å². The Morgan fingerprint density at radius 2 is 0.457 bits per heavy atom. The minimum atomic E-state index is 0.949. The first-order valence-corrected chi connectivity index (χ1v) is 44.9. The van der Waals surface area contributed by atoms with Crippen LogP contribution in [0, 0.1) is 0 Å². The zero-order valence-electron chi connectivity index (χ0n) is 69.8. The van der Waals surface area contributed by atoms with Crippen LogP contribution < -0.4 is 0 Å². The zero-order valence-corrected chi connectivity index (χ0v) is 71.4. The van der Waals surface area contributed by atoms with E-state index in [4.69, 9.17) is 4.42 Å². The van der Waals surface area contributed by atoms with Crippen molar-refractivity contribution in [3.05, 3.63) is 425 Å². The summed E-state index contributed by atoms with van der Waals surface area (Å²) in [5, 5.41) is 26.0. The highest BCUT2D eigenvalue weighted by molar-refractivity contribution is 7.27. The molecule has 29 aromatic rings. The highest BCUT2D eigenvalue weighted by Crippen LogP contribution is 2.47. The van der Waals surface area contributed by atoms with E-state index in [1.165, 1.54) is 227 Å². The fourth-order valence-electron chi connectivity index (χ4n) is 20.7. The molecule has 0 saturated carbocycles. The van der Waals surface area contributed by atoms with Crippen molar-refractivity contribution in [1.29, 1.82) is 0 Å². The van der Waals surface area contributed by atoms with E-state index in [0.29, 0.717) is 0 Å². The third-order valence-electron chi connectivity index (χ3n) is 26.2. The van der Waals surface area contributed by atoms with E-state index >= 15 is 0 Å². The zero-order chi connectivity index (χ0) is 84.1. The molecule has 127 heavy (non-hydrogen) atoms. The predicted octanol–water partition coefficient (Wildman–Crippen LogP) is 32.4. The molecule has 8 nitrogen and oxygen atoms in total. The van der Waals surface area contributed by atoms with E-state index < -0.39 is 0 Å². The Morgan fingerprint density at radius 3 is 0.929 bits per heavy atom. The van der Waals surface area contributed by atoms with Crippen LogP contribution in [-0.2, 0) is 21.1 Å². The summed E-state index contributed by atoms with van der Waals surface area (Å²) in [7, 11) is 6.46. The molecule has 10 aromatic heterocycles. The second-order valence-corrected chi connectivity index (χ2v) is 35.1. The van der Waals surface area contributed by atoms with Gasteiger partial charge in [-0.3, -0.25) is 0 Å². The highest BCUT2D eigenvalue weighted by Gasteiger charge is 2.24. The van der Waals surface area contributed by atoms with Gasteiger partial charge in [0.15, 0.2) is 5.58 Å². The third-order valence-corrected chi connectivity index (χ3v) is 28.6. The largest absolute Gasteiger partial charge is 0.454 e. The Morgan fingerprint density at radius 1 is 0.173 bits per heavy atom. The molecule has 0 aliphatic carbocycles. The van der Waals surface area contributed by atoms with Gasteiger partial charge in [-0.05, 0) is 127 Å². The van der Waals surface area contributed by atoms with Gasteiger partial charge < -0.3 is 36.4 Å². The van der Waals surface area contributed by atoms with Gasteiger partial charge in [0, 0.05) is 178 Å². The van der Waals surface area contributed by atoms with Gasteiger partial charge in [-0.25, -0.2) is 0 Å². The molecule has 0 spiro atoms. The summed E-state index contributed by atoms with van der Waals surface area (Å²) in [6.07, 6.45) is 0. The number of rotatable bonds is 4. The van der Waals surface area contributed by atoms with Gasteiger partial charge in [0.1, 0.15) is 5.58 Å². The van der Waals surface area contributed by atoms with Crippen LogP contribution in [0.25, 0.3) is 238 Å². The summed E-state index contributed by atoms with van der Waals surface area (Å²) in [5.41, 5.74) is 24.4. The lowest BCUT2D eigenvalue weighted by molar-refractivity contribution is 0.670. The van der Waals surface area contributed by atoms with Gasteiger partial charge in [0.25, 0.3) is 0 Å².